The van der Waals surface area contributed by atoms with Crippen molar-refractivity contribution in [2.75, 3.05) is 16.2 Å². The lowest BCUT2D eigenvalue weighted by molar-refractivity contribution is -0.122. The van der Waals surface area contributed by atoms with E-state index < -0.39 is 22.0 Å². The molecule has 6 nitrogen and oxygen atoms in total. The molecule has 0 aliphatic carbocycles. The second-order valence-corrected chi connectivity index (χ2v) is 10.6. The number of nitrogens with one attached hydrogen (secondary N) is 1. The average molecular weight is 485 g/mol. The Morgan fingerprint density at radius 3 is 2.48 bits per heavy atom. The van der Waals surface area contributed by atoms with Gasteiger partial charge in [0.05, 0.1) is 17.1 Å². The van der Waals surface area contributed by atoms with Gasteiger partial charge in [0, 0.05) is 10.7 Å². The first-order chi connectivity index (χ1) is 15.7. The molecule has 0 fully saturated rings. The Bertz CT molecular complexity index is 1290. The van der Waals surface area contributed by atoms with E-state index in [-0.39, 0.29) is 23.1 Å². The van der Waals surface area contributed by atoms with Crippen LogP contribution in [0.1, 0.15) is 30.9 Å². The third-order valence-electron chi connectivity index (χ3n) is 5.53. The summed E-state index contributed by atoms with van der Waals surface area (Å²) in [6.07, 6.45) is -1.04. The van der Waals surface area contributed by atoms with Crippen LogP contribution in [0.15, 0.2) is 71.6 Å². The molecule has 0 spiro atoms. The molecule has 3 aromatic rings. The van der Waals surface area contributed by atoms with Gasteiger partial charge in [-0.3, -0.25) is 9.10 Å². The van der Waals surface area contributed by atoms with E-state index in [1.54, 1.807) is 36.4 Å². The molecule has 0 unspecified atom stereocenters. The molecule has 1 aliphatic heterocycles. The predicted molar refractivity (Wildman–Crippen MR) is 131 cm³/mol. The number of benzene rings is 3. The Morgan fingerprint density at radius 2 is 1.79 bits per heavy atom. The zero-order valence-electron chi connectivity index (χ0n) is 18.6. The predicted octanol–water partition coefficient (Wildman–Crippen LogP) is 5.37. The van der Waals surface area contributed by atoms with E-state index in [1.165, 1.54) is 10.4 Å². The summed E-state index contributed by atoms with van der Waals surface area (Å²) >= 11 is 6.16. The van der Waals surface area contributed by atoms with Crippen molar-refractivity contribution in [1.82, 2.24) is 0 Å². The van der Waals surface area contributed by atoms with Crippen LogP contribution in [0.4, 0.5) is 11.4 Å². The van der Waals surface area contributed by atoms with Gasteiger partial charge in [-0.15, -0.1) is 0 Å². The van der Waals surface area contributed by atoms with Crippen molar-refractivity contribution < 1.29 is 17.9 Å². The Labute approximate surface area is 199 Å². The summed E-state index contributed by atoms with van der Waals surface area (Å²) in [6, 6.07) is 18.8. The van der Waals surface area contributed by atoms with Crippen molar-refractivity contribution in [2.24, 2.45) is 0 Å². The van der Waals surface area contributed by atoms with E-state index in [0.717, 1.165) is 11.1 Å². The molecule has 1 heterocycles. The van der Waals surface area contributed by atoms with Crippen LogP contribution in [-0.2, 0) is 14.8 Å². The molecule has 1 aliphatic rings. The fourth-order valence-corrected chi connectivity index (χ4v) is 5.39. The molecule has 1 atom stereocenters. The normalized spacial score (nSPS) is 15.7. The lowest BCUT2D eigenvalue weighted by Crippen LogP contribution is -2.48. The zero-order valence-corrected chi connectivity index (χ0v) is 20.2. The fourth-order valence-electron chi connectivity index (χ4n) is 3.75. The van der Waals surface area contributed by atoms with E-state index in [4.69, 9.17) is 16.3 Å². The molecular weight excluding hydrogens is 460 g/mol. The lowest BCUT2D eigenvalue weighted by Gasteiger charge is -2.35. The summed E-state index contributed by atoms with van der Waals surface area (Å²) in [5.41, 5.74) is 2.91. The summed E-state index contributed by atoms with van der Waals surface area (Å²) in [6.45, 7) is 5.78. The number of carbonyl (C=O) groups excluding carboxylic acids is 1. The van der Waals surface area contributed by atoms with Gasteiger partial charge in [-0.05, 0) is 54.8 Å². The van der Waals surface area contributed by atoms with Gasteiger partial charge < -0.3 is 10.1 Å². The molecule has 4 rings (SSSR count). The quantitative estimate of drug-likeness (QED) is 0.528. The number of rotatable bonds is 5. The molecular formula is C25H25ClN2O4S. The molecule has 1 N–H and O–H groups in total. The lowest BCUT2D eigenvalue weighted by atomic mass is 10.0. The Kier molecular flexibility index (Phi) is 6.36. The van der Waals surface area contributed by atoms with Gasteiger partial charge >= 0.3 is 0 Å². The highest BCUT2D eigenvalue weighted by Crippen LogP contribution is 2.39. The number of anilines is 2. The third-order valence-corrected chi connectivity index (χ3v) is 7.56. The van der Waals surface area contributed by atoms with E-state index >= 15 is 0 Å². The van der Waals surface area contributed by atoms with Crippen molar-refractivity contribution in [3.63, 3.8) is 0 Å². The monoisotopic (exact) mass is 484 g/mol. The van der Waals surface area contributed by atoms with Crippen molar-refractivity contribution in [3.8, 4) is 5.75 Å². The van der Waals surface area contributed by atoms with E-state index in [0.29, 0.717) is 16.4 Å². The van der Waals surface area contributed by atoms with Crippen LogP contribution in [0.3, 0.4) is 0 Å². The number of hydrogen-bond acceptors (Lipinski definition) is 4. The standard InChI is InChI=1S/C25H25ClN2O4S/c1-16(2)20-6-4-5-7-21(20)27-25(29)24-15-28(22-14-18(26)10-13-23(22)32-24)33(30,31)19-11-8-17(3)9-12-19/h4-14,16,24H,15H2,1-3H3,(H,27,29)/t24-/m1/s1. The van der Waals surface area contributed by atoms with E-state index in [1.807, 2.05) is 45.0 Å². The molecule has 3 aromatic carbocycles. The molecule has 0 bridgehead atoms. The van der Waals surface area contributed by atoms with Gasteiger partial charge in [0.1, 0.15) is 5.75 Å². The smallest absolute Gasteiger partial charge is 0.267 e. The van der Waals surface area contributed by atoms with Crippen LogP contribution in [-0.4, -0.2) is 27.0 Å². The largest absolute Gasteiger partial charge is 0.476 e. The highest BCUT2D eigenvalue weighted by molar-refractivity contribution is 7.92. The molecule has 172 valence electrons. The van der Waals surface area contributed by atoms with Gasteiger partial charge in [-0.25, -0.2) is 8.42 Å². The molecule has 0 saturated heterocycles. The number of para-hydroxylation sites is 1. The third kappa shape index (κ3) is 4.70. The molecule has 8 heteroatoms. The van der Waals surface area contributed by atoms with Crippen molar-refractivity contribution in [1.29, 1.82) is 0 Å². The van der Waals surface area contributed by atoms with Crippen LogP contribution in [0.25, 0.3) is 0 Å². The molecule has 0 aromatic heterocycles. The molecule has 0 radical (unpaired) electrons. The number of hydrogen-bond donors (Lipinski definition) is 1. The number of aryl methyl sites for hydroxylation is 1. The summed E-state index contributed by atoms with van der Waals surface area (Å²) in [7, 11) is -3.96. The minimum Gasteiger partial charge on any atom is -0.476 e. The van der Waals surface area contributed by atoms with Crippen molar-refractivity contribution in [3.05, 3.63) is 82.9 Å². The summed E-state index contributed by atoms with van der Waals surface area (Å²) < 4.78 is 34.2. The first-order valence-electron chi connectivity index (χ1n) is 10.6. The van der Waals surface area contributed by atoms with Crippen LogP contribution in [0, 0.1) is 6.92 Å². The number of fused-ring (bicyclic) bond motifs is 1. The van der Waals surface area contributed by atoms with E-state index in [9.17, 15) is 13.2 Å². The molecule has 1 amide bonds. The Morgan fingerprint density at radius 1 is 1.09 bits per heavy atom. The highest BCUT2D eigenvalue weighted by Gasteiger charge is 2.38. The van der Waals surface area contributed by atoms with Gasteiger partial charge in [0.15, 0.2) is 6.10 Å². The van der Waals surface area contributed by atoms with Crippen molar-refractivity contribution >= 4 is 38.9 Å². The van der Waals surface area contributed by atoms with Crippen LogP contribution in [0.2, 0.25) is 5.02 Å². The summed E-state index contributed by atoms with van der Waals surface area (Å²) in [5, 5.41) is 3.28. The number of sulfonamides is 1. The average Bonchev–Trinajstić information content (AvgIpc) is 2.78. The number of ether oxygens (including phenoxy) is 1. The van der Waals surface area contributed by atoms with Gasteiger partial charge in [-0.1, -0.05) is 61.3 Å². The fraction of sp³-hybridized carbons (Fsp3) is 0.240. The maximum Gasteiger partial charge on any atom is 0.267 e. The number of amides is 1. The highest BCUT2D eigenvalue weighted by atomic mass is 35.5. The van der Waals surface area contributed by atoms with Gasteiger partial charge in [0.2, 0.25) is 0 Å². The number of halogens is 1. The zero-order chi connectivity index (χ0) is 23.8. The van der Waals surface area contributed by atoms with Crippen molar-refractivity contribution in [2.45, 2.75) is 37.7 Å². The first-order valence-corrected chi connectivity index (χ1v) is 12.4. The molecule has 33 heavy (non-hydrogen) atoms. The second-order valence-electron chi connectivity index (χ2n) is 8.30. The maximum atomic E-state index is 13.5. The molecule has 0 saturated carbocycles. The summed E-state index contributed by atoms with van der Waals surface area (Å²) in [4.78, 5) is 13.3. The minimum absolute atomic E-state index is 0.130. The SMILES string of the molecule is Cc1ccc(S(=O)(=O)N2C[C@H](C(=O)Nc3ccccc3C(C)C)Oc3ccc(Cl)cc32)cc1. The van der Waals surface area contributed by atoms with Gasteiger partial charge in [0.25, 0.3) is 15.9 Å². The van der Waals surface area contributed by atoms with Crippen LogP contribution >= 0.6 is 11.6 Å². The van der Waals surface area contributed by atoms with Crippen LogP contribution in [0.5, 0.6) is 5.75 Å². The Hall–Kier alpha value is -3.03. The van der Waals surface area contributed by atoms with Crippen LogP contribution < -0.4 is 14.4 Å². The second kappa shape index (κ2) is 9.08. The Balaban J connectivity index is 1.70. The first kappa shape index (κ1) is 23.1. The van der Waals surface area contributed by atoms with E-state index in [2.05, 4.69) is 5.32 Å². The maximum absolute atomic E-state index is 13.5. The number of nitrogens with zero attached hydrogens (tertiary/aromatic N) is 1. The number of carbonyl (C=O) groups is 1. The summed E-state index contributed by atoms with van der Waals surface area (Å²) in [5.74, 6) is 0.0569. The van der Waals surface area contributed by atoms with Gasteiger partial charge in [-0.2, -0.15) is 0 Å². The topological polar surface area (TPSA) is 75.7 Å². The minimum atomic E-state index is -3.96.